The third-order valence-corrected chi connectivity index (χ3v) is 4.17. The summed E-state index contributed by atoms with van der Waals surface area (Å²) in [6, 6.07) is 2.19. The minimum absolute atomic E-state index is 0.213. The number of carbonyl (C=O) groups is 1. The van der Waals surface area contributed by atoms with E-state index in [1.807, 2.05) is 38.2 Å². The molecule has 0 aliphatic carbocycles. The summed E-state index contributed by atoms with van der Waals surface area (Å²) < 4.78 is 5.42. The molecule has 104 valence electrons. The monoisotopic (exact) mass is 279 g/mol. The van der Waals surface area contributed by atoms with E-state index in [1.54, 1.807) is 4.90 Å². The van der Waals surface area contributed by atoms with Crippen LogP contribution in [0.2, 0.25) is 0 Å². The van der Waals surface area contributed by atoms with Crippen molar-refractivity contribution in [3.8, 4) is 0 Å². The van der Waals surface area contributed by atoms with E-state index in [0.29, 0.717) is 6.54 Å². The van der Waals surface area contributed by atoms with E-state index in [-0.39, 0.29) is 6.09 Å². The van der Waals surface area contributed by atoms with Crippen molar-refractivity contribution in [2.24, 2.45) is 0 Å². The Kier molecular flexibility index (Phi) is 3.99. The Hall–Kier alpha value is -1.29. The summed E-state index contributed by atoms with van der Waals surface area (Å²) in [5, 5.41) is 0. The van der Waals surface area contributed by atoms with E-state index in [9.17, 15) is 4.79 Å². The molecule has 0 fully saturated rings. The maximum absolute atomic E-state index is 12.0. The molecule has 1 aliphatic rings. The fraction of sp³-hybridized carbons (Fsp3) is 0.533. The quantitative estimate of drug-likeness (QED) is 0.771. The van der Waals surface area contributed by atoms with Gasteiger partial charge in [-0.25, -0.2) is 4.79 Å². The van der Waals surface area contributed by atoms with Crippen LogP contribution in [0.1, 0.15) is 36.1 Å². The van der Waals surface area contributed by atoms with Crippen LogP contribution in [0.5, 0.6) is 0 Å². The molecule has 1 aliphatic heterocycles. The standard InChI is InChI=1S/C15H21NO2S/c1-5-6-12-9-11-10-16(8-7-13(11)19-12)14(17)18-15(2,3)4/h5,9H,1,6-8,10H2,2-4H3. The average molecular weight is 279 g/mol. The first-order valence-electron chi connectivity index (χ1n) is 6.58. The van der Waals surface area contributed by atoms with Crippen molar-refractivity contribution < 1.29 is 9.53 Å². The first-order chi connectivity index (χ1) is 8.89. The summed E-state index contributed by atoms with van der Waals surface area (Å²) in [5.41, 5.74) is 0.832. The van der Waals surface area contributed by atoms with Gasteiger partial charge in [-0.2, -0.15) is 0 Å². The van der Waals surface area contributed by atoms with E-state index in [0.717, 1.165) is 19.4 Å². The lowest BCUT2D eigenvalue weighted by Crippen LogP contribution is -2.39. The molecular weight excluding hydrogens is 258 g/mol. The number of thiophene rings is 1. The predicted molar refractivity (Wildman–Crippen MR) is 78.6 cm³/mol. The largest absolute Gasteiger partial charge is 0.444 e. The summed E-state index contributed by atoms with van der Waals surface area (Å²) in [5.74, 6) is 0. The van der Waals surface area contributed by atoms with Crippen LogP contribution in [0.3, 0.4) is 0 Å². The Morgan fingerprint density at radius 3 is 2.95 bits per heavy atom. The second-order valence-corrected chi connectivity index (χ2v) is 7.03. The lowest BCUT2D eigenvalue weighted by atomic mass is 10.1. The van der Waals surface area contributed by atoms with Gasteiger partial charge in [0.1, 0.15) is 5.60 Å². The summed E-state index contributed by atoms with van der Waals surface area (Å²) >= 11 is 1.84. The van der Waals surface area contributed by atoms with Crippen molar-refractivity contribution in [1.29, 1.82) is 0 Å². The van der Waals surface area contributed by atoms with Crippen molar-refractivity contribution in [2.75, 3.05) is 6.54 Å². The van der Waals surface area contributed by atoms with Crippen molar-refractivity contribution in [3.63, 3.8) is 0 Å². The van der Waals surface area contributed by atoms with E-state index in [4.69, 9.17) is 4.74 Å². The van der Waals surface area contributed by atoms with E-state index in [1.165, 1.54) is 15.3 Å². The molecule has 0 unspecified atom stereocenters. The van der Waals surface area contributed by atoms with Gasteiger partial charge in [-0.3, -0.25) is 0 Å². The Morgan fingerprint density at radius 2 is 2.32 bits per heavy atom. The van der Waals surface area contributed by atoms with Gasteiger partial charge >= 0.3 is 6.09 Å². The molecule has 2 rings (SSSR count). The van der Waals surface area contributed by atoms with Gasteiger partial charge in [0.25, 0.3) is 0 Å². The smallest absolute Gasteiger partial charge is 0.410 e. The topological polar surface area (TPSA) is 29.5 Å². The molecule has 19 heavy (non-hydrogen) atoms. The number of ether oxygens (including phenoxy) is 1. The van der Waals surface area contributed by atoms with Crippen molar-refractivity contribution >= 4 is 17.4 Å². The minimum atomic E-state index is -0.431. The van der Waals surface area contributed by atoms with Crippen LogP contribution in [-0.4, -0.2) is 23.1 Å². The second-order valence-electron chi connectivity index (χ2n) is 5.81. The molecule has 0 spiro atoms. The molecule has 0 bridgehead atoms. The zero-order valence-corrected chi connectivity index (χ0v) is 12.7. The fourth-order valence-electron chi connectivity index (χ4n) is 2.12. The van der Waals surface area contributed by atoms with Crippen molar-refractivity contribution in [3.05, 3.63) is 34.0 Å². The van der Waals surface area contributed by atoms with Crippen LogP contribution in [-0.2, 0) is 24.1 Å². The molecule has 0 aromatic carbocycles. The molecule has 0 atom stereocenters. The molecule has 1 aromatic heterocycles. The summed E-state index contributed by atoms with van der Waals surface area (Å²) in [6.45, 7) is 10.9. The third-order valence-electron chi connectivity index (χ3n) is 2.91. The van der Waals surface area contributed by atoms with Gasteiger partial charge in [0, 0.05) is 16.3 Å². The molecule has 0 saturated heterocycles. The molecule has 4 heteroatoms. The predicted octanol–water partition coefficient (Wildman–Crippen LogP) is 3.77. The number of amides is 1. The highest BCUT2D eigenvalue weighted by molar-refractivity contribution is 7.12. The number of fused-ring (bicyclic) bond motifs is 1. The Morgan fingerprint density at radius 1 is 1.58 bits per heavy atom. The fourth-order valence-corrected chi connectivity index (χ4v) is 3.29. The van der Waals surface area contributed by atoms with Crippen LogP contribution in [0.15, 0.2) is 18.7 Å². The molecule has 1 aromatic rings. The van der Waals surface area contributed by atoms with E-state index < -0.39 is 5.60 Å². The second kappa shape index (κ2) is 5.37. The number of carbonyl (C=O) groups excluding carboxylic acids is 1. The van der Waals surface area contributed by atoms with E-state index in [2.05, 4.69) is 12.6 Å². The Bertz CT molecular complexity index is 485. The molecule has 0 saturated carbocycles. The average Bonchev–Trinajstić information content (AvgIpc) is 2.68. The first kappa shape index (κ1) is 14.1. The molecule has 1 amide bonds. The Balaban J connectivity index is 2.05. The van der Waals surface area contributed by atoms with Gasteiger partial charge in [0.05, 0.1) is 6.54 Å². The van der Waals surface area contributed by atoms with E-state index >= 15 is 0 Å². The maximum atomic E-state index is 12.0. The van der Waals surface area contributed by atoms with Crippen LogP contribution >= 0.6 is 11.3 Å². The van der Waals surface area contributed by atoms with Crippen LogP contribution in [0.4, 0.5) is 4.79 Å². The van der Waals surface area contributed by atoms with Gasteiger partial charge in [-0.1, -0.05) is 6.08 Å². The summed E-state index contributed by atoms with van der Waals surface area (Å²) in [6.07, 6.45) is 3.54. The maximum Gasteiger partial charge on any atom is 0.410 e. The normalized spacial score (nSPS) is 15.0. The number of nitrogens with zero attached hydrogens (tertiary/aromatic N) is 1. The van der Waals surface area contributed by atoms with Crippen LogP contribution in [0.25, 0.3) is 0 Å². The first-order valence-corrected chi connectivity index (χ1v) is 7.40. The lowest BCUT2D eigenvalue weighted by Gasteiger charge is -2.29. The van der Waals surface area contributed by atoms with Gasteiger partial charge in [0.15, 0.2) is 0 Å². The third kappa shape index (κ3) is 3.60. The number of hydrogen-bond donors (Lipinski definition) is 0. The number of hydrogen-bond acceptors (Lipinski definition) is 3. The SMILES string of the molecule is C=CCc1cc2c(s1)CCN(C(=O)OC(C)(C)C)C2. The van der Waals surface area contributed by atoms with Gasteiger partial charge in [0.2, 0.25) is 0 Å². The van der Waals surface area contributed by atoms with Crippen molar-refractivity contribution in [1.82, 2.24) is 4.90 Å². The molecule has 3 nitrogen and oxygen atoms in total. The molecule has 2 heterocycles. The van der Waals surface area contributed by atoms with Crippen LogP contribution < -0.4 is 0 Å². The van der Waals surface area contributed by atoms with Crippen LogP contribution in [0, 0.1) is 0 Å². The zero-order chi connectivity index (χ0) is 14.0. The lowest BCUT2D eigenvalue weighted by molar-refractivity contribution is 0.0225. The van der Waals surface area contributed by atoms with Gasteiger partial charge in [-0.15, -0.1) is 17.9 Å². The number of rotatable bonds is 2. The summed E-state index contributed by atoms with van der Waals surface area (Å²) in [4.78, 5) is 16.6. The highest BCUT2D eigenvalue weighted by Gasteiger charge is 2.26. The number of allylic oxidation sites excluding steroid dienone is 1. The molecular formula is C15H21NO2S. The van der Waals surface area contributed by atoms with Gasteiger partial charge in [-0.05, 0) is 45.2 Å². The zero-order valence-electron chi connectivity index (χ0n) is 11.9. The molecule has 0 N–H and O–H groups in total. The molecule has 0 radical (unpaired) electrons. The highest BCUT2D eigenvalue weighted by Crippen LogP contribution is 2.29. The Labute approximate surface area is 118 Å². The summed E-state index contributed by atoms with van der Waals surface area (Å²) in [7, 11) is 0. The minimum Gasteiger partial charge on any atom is -0.444 e. The van der Waals surface area contributed by atoms with Gasteiger partial charge < -0.3 is 9.64 Å². The highest BCUT2D eigenvalue weighted by atomic mass is 32.1. The van der Waals surface area contributed by atoms with Crippen molar-refractivity contribution in [2.45, 2.75) is 45.8 Å².